The molecule has 1 atom stereocenters. The van der Waals surface area contributed by atoms with Crippen molar-refractivity contribution in [2.24, 2.45) is 5.73 Å². The number of benzene rings is 3. The summed E-state index contributed by atoms with van der Waals surface area (Å²) in [6.07, 6.45) is 0. The summed E-state index contributed by atoms with van der Waals surface area (Å²) >= 11 is 0. The molecule has 40 heavy (non-hydrogen) atoms. The lowest BCUT2D eigenvalue weighted by Gasteiger charge is -2.27. The molecule has 2 N–H and O–H groups in total. The summed E-state index contributed by atoms with van der Waals surface area (Å²) in [6, 6.07) is 15.6. The molecule has 4 rings (SSSR count). The minimum atomic E-state index is -0.652. The van der Waals surface area contributed by atoms with E-state index in [9.17, 15) is 10.1 Å². The second-order valence-electron chi connectivity index (χ2n) is 8.50. The van der Waals surface area contributed by atoms with Crippen LogP contribution in [0.3, 0.4) is 0 Å². The highest BCUT2D eigenvalue weighted by Gasteiger charge is 2.32. The van der Waals surface area contributed by atoms with Crippen LogP contribution < -0.4 is 38.9 Å². The molecule has 3 aromatic carbocycles. The molecule has 1 aliphatic heterocycles. The number of nitrogens with two attached hydrogens (primary N) is 1. The Morgan fingerprint density at radius 3 is 2.17 bits per heavy atom. The second-order valence-corrected chi connectivity index (χ2v) is 8.50. The van der Waals surface area contributed by atoms with E-state index in [0.29, 0.717) is 53.3 Å². The number of carbonyl (C=O) groups is 1. The third kappa shape index (κ3) is 5.40. The number of hydrogen-bond donors (Lipinski definition) is 1. The third-order valence-corrected chi connectivity index (χ3v) is 6.20. The molecule has 0 radical (unpaired) electrons. The van der Waals surface area contributed by atoms with E-state index in [2.05, 4.69) is 6.07 Å². The van der Waals surface area contributed by atoms with E-state index in [0.717, 1.165) is 5.56 Å². The third-order valence-electron chi connectivity index (χ3n) is 6.20. The van der Waals surface area contributed by atoms with Crippen molar-refractivity contribution in [2.75, 3.05) is 34.5 Å². The van der Waals surface area contributed by atoms with E-state index >= 15 is 0 Å². The van der Waals surface area contributed by atoms with Crippen molar-refractivity contribution < 1.29 is 38.0 Å². The summed E-state index contributed by atoms with van der Waals surface area (Å²) in [6.45, 7) is 4.69. The average molecular weight is 547 g/mol. The highest BCUT2D eigenvalue weighted by Crippen LogP contribution is 2.45. The van der Waals surface area contributed by atoms with E-state index in [1.165, 1.54) is 33.5 Å². The molecular formula is C30H30N2O8. The van der Waals surface area contributed by atoms with Gasteiger partial charge in [0.25, 0.3) is 0 Å². The van der Waals surface area contributed by atoms with E-state index < -0.39 is 11.9 Å². The van der Waals surface area contributed by atoms with Crippen LogP contribution in [-0.2, 0) is 0 Å². The smallest absolute Gasteiger partial charge is 0.343 e. The SMILES string of the molecule is CCOc1ccc(C2C(C#N)=C(N)Oc3cc(OC(=O)c4cc(OC)c(OC)c(OC)c4)ccc32)cc1OCC. The van der Waals surface area contributed by atoms with Crippen molar-refractivity contribution in [3.63, 3.8) is 0 Å². The van der Waals surface area contributed by atoms with Gasteiger partial charge in [0.1, 0.15) is 23.1 Å². The maximum absolute atomic E-state index is 13.0. The van der Waals surface area contributed by atoms with Crippen LogP contribution in [0.1, 0.15) is 41.3 Å². The standard InChI is InChI=1S/C30H30N2O8/c1-6-37-22-11-8-17(12-24(22)38-7-2)27-20-10-9-19(15-23(20)40-29(32)21(27)16-31)39-30(33)18-13-25(34-3)28(36-5)26(14-18)35-4/h8-15,27H,6-7,32H2,1-5H3. The van der Waals surface area contributed by atoms with Crippen molar-refractivity contribution >= 4 is 5.97 Å². The van der Waals surface area contributed by atoms with E-state index in [1.54, 1.807) is 24.3 Å². The summed E-state index contributed by atoms with van der Waals surface area (Å²) < 4.78 is 38.9. The first-order valence-electron chi connectivity index (χ1n) is 12.5. The number of carbonyl (C=O) groups excluding carboxylic acids is 1. The fourth-order valence-electron chi connectivity index (χ4n) is 4.45. The van der Waals surface area contributed by atoms with E-state index in [4.69, 9.17) is 38.9 Å². The molecule has 0 fully saturated rings. The molecule has 0 bridgehead atoms. The summed E-state index contributed by atoms with van der Waals surface area (Å²) in [5.41, 5.74) is 8.05. The van der Waals surface area contributed by atoms with Gasteiger partial charge in [-0.2, -0.15) is 5.26 Å². The molecule has 0 spiro atoms. The number of hydrogen-bond acceptors (Lipinski definition) is 10. The van der Waals surface area contributed by atoms with Crippen LogP contribution in [0.4, 0.5) is 0 Å². The molecule has 10 nitrogen and oxygen atoms in total. The maximum Gasteiger partial charge on any atom is 0.343 e. The number of methoxy groups -OCH3 is 3. The monoisotopic (exact) mass is 546 g/mol. The molecule has 0 saturated carbocycles. The predicted molar refractivity (Wildman–Crippen MR) is 146 cm³/mol. The number of ether oxygens (including phenoxy) is 7. The lowest BCUT2D eigenvalue weighted by atomic mass is 9.83. The first-order valence-corrected chi connectivity index (χ1v) is 12.5. The summed E-state index contributed by atoms with van der Waals surface area (Å²) in [5.74, 6) is 1.47. The highest BCUT2D eigenvalue weighted by atomic mass is 16.5. The lowest BCUT2D eigenvalue weighted by molar-refractivity contribution is 0.0733. The molecule has 1 unspecified atom stereocenters. The Morgan fingerprint density at radius 2 is 1.57 bits per heavy atom. The Bertz CT molecular complexity index is 1470. The minimum Gasteiger partial charge on any atom is -0.493 e. The topological polar surface area (TPSA) is 131 Å². The van der Waals surface area contributed by atoms with Crippen molar-refractivity contribution in [2.45, 2.75) is 19.8 Å². The van der Waals surface area contributed by atoms with Crippen LogP contribution in [0.2, 0.25) is 0 Å². The molecule has 208 valence electrons. The minimum absolute atomic E-state index is 0.0417. The Morgan fingerprint density at radius 1 is 0.900 bits per heavy atom. The van der Waals surface area contributed by atoms with Crippen molar-refractivity contribution in [1.82, 2.24) is 0 Å². The van der Waals surface area contributed by atoms with Gasteiger partial charge >= 0.3 is 5.97 Å². The van der Waals surface area contributed by atoms with Gasteiger partial charge in [0.05, 0.1) is 46.0 Å². The first kappa shape index (κ1) is 28.0. The quantitative estimate of drug-likeness (QED) is 0.275. The van der Waals surface area contributed by atoms with Crippen LogP contribution in [0.5, 0.6) is 40.2 Å². The molecule has 0 aliphatic carbocycles. The van der Waals surface area contributed by atoms with E-state index in [1.807, 2.05) is 26.0 Å². The summed E-state index contributed by atoms with van der Waals surface area (Å²) in [4.78, 5) is 13.0. The van der Waals surface area contributed by atoms with Gasteiger partial charge in [-0.3, -0.25) is 0 Å². The zero-order chi connectivity index (χ0) is 28.8. The summed E-state index contributed by atoms with van der Waals surface area (Å²) in [5, 5.41) is 9.93. The van der Waals surface area contributed by atoms with Crippen molar-refractivity contribution in [3.8, 4) is 46.3 Å². The van der Waals surface area contributed by atoms with Gasteiger partial charge in [-0.15, -0.1) is 0 Å². The van der Waals surface area contributed by atoms with Crippen molar-refractivity contribution in [1.29, 1.82) is 5.26 Å². The molecule has 10 heteroatoms. The normalized spacial score (nSPS) is 13.8. The molecule has 1 aliphatic rings. The average Bonchev–Trinajstić information content (AvgIpc) is 2.96. The zero-order valence-electron chi connectivity index (χ0n) is 22.9. The van der Waals surface area contributed by atoms with Gasteiger partial charge in [-0.1, -0.05) is 12.1 Å². The van der Waals surface area contributed by atoms with Gasteiger partial charge in [0.2, 0.25) is 11.6 Å². The largest absolute Gasteiger partial charge is 0.493 e. The van der Waals surface area contributed by atoms with Gasteiger partial charge in [0, 0.05) is 11.6 Å². The first-order chi connectivity index (χ1) is 19.4. The summed E-state index contributed by atoms with van der Waals surface area (Å²) in [7, 11) is 4.39. The Hall–Kier alpha value is -5.04. The number of rotatable bonds is 10. The highest BCUT2D eigenvalue weighted by molar-refractivity contribution is 5.92. The van der Waals surface area contributed by atoms with Gasteiger partial charge in [0.15, 0.2) is 23.0 Å². The van der Waals surface area contributed by atoms with Gasteiger partial charge < -0.3 is 38.9 Å². The predicted octanol–water partition coefficient (Wildman–Crippen LogP) is 4.95. The molecule has 0 amide bonds. The molecule has 3 aromatic rings. The van der Waals surface area contributed by atoms with Gasteiger partial charge in [-0.25, -0.2) is 4.79 Å². The molecule has 0 aromatic heterocycles. The number of esters is 1. The van der Waals surface area contributed by atoms with Crippen molar-refractivity contribution in [3.05, 3.63) is 76.7 Å². The van der Waals surface area contributed by atoms with Crippen LogP contribution in [0, 0.1) is 11.3 Å². The number of nitriles is 1. The fourth-order valence-corrected chi connectivity index (χ4v) is 4.45. The van der Waals surface area contributed by atoms with E-state index in [-0.39, 0.29) is 22.8 Å². The fraction of sp³-hybridized carbons (Fsp3) is 0.267. The number of nitrogens with zero attached hydrogens (tertiary/aromatic N) is 1. The number of allylic oxidation sites excluding steroid dienone is 1. The zero-order valence-corrected chi connectivity index (χ0v) is 22.9. The van der Waals surface area contributed by atoms with Gasteiger partial charge in [-0.05, 0) is 49.7 Å². The number of fused-ring (bicyclic) bond motifs is 1. The maximum atomic E-state index is 13.0. The second kappa shape index (κ2) is 12.2. The lowest BCUT2D eigenvalue weighted by Crippen LogP contribution is -2.21. The van der Waals surface area contributed by atoms with Crippen LogP contribution in [-0.4, -0.2) is 40.5 Å². The molecule has 0 saturated heterocycles. The molecular weight excluding hydrogens is 516 g/mol. The Kier molecular flexibility index (Phi) is 8.54. The van der Waals surface area contributed by atoms with Crippen LogP contribution in [0.25, 0.3) is 0 Å². The Labute approximate surface area is 232 Å². The Balaban J connectivity index is 1.69. The molecule has 1 heterocycles. The van der Waals surface area contributed by atoms with Crippen LogP contribution in [0.15, 0.2) is 60.0 Å². The van der Waals surface area contributed by atoms with Crippen LogP contribution >= 0.6 is 0 Å².